The van der Waals surface area contributed by atoms with Crippen LogP contribution in [0.2, 0.25) is 10.0 Å². The van der Waals surface area contributed by atoms with E-state index < -0.39 is 17.5 Å². The van der Waals surface area contributed by atoms with E-state index in [1.54, 1.807) is 18.2 Å². The Balaban J connectivity index is 0. The molecule has 0 radical (unpaired) electrons. The van der Waals surface area contributed by atoms with E-state index in [1.807, 2.05) is 41.7 Å². The summed E-state index contributed by atoms with van der Waals surface area (Å²) in [6, 6.07) is 4.90. The van der Waals surface area contributed by atoms with E-state index in [9.17, 15) is 9.00 Å². The highest BCUT2D eigenvalue weighted by Crippen LogP contribution is 2.36. The molecule has 0 aliphatic carbocycles. The lowest BCUT2D eigenvalue weighted by Gasteiger charge is -2.12. The first-order valence-electron chi connectivity index (χ1n) is 13.1. The van der Waals surface area contributed by atoms with Crippen LogP contribution in [0.15, 0.2) is 47.6 Å². The fraction of sp³-hybridized carbons (Fsp3) is 0.500. The largest absolute Gasteiger partial charge is 0.396 e. The quantitative estimate of drug-likeness (QED) is 0.123. The maximum atomic E-state index is 12.1. The summed E-state index contributed by atoms with van der Waals surface area (Å²) in [6.45, 7) is 14.3. The third kappa shape index (κ3) is 15.9. The molecule has 1 aromatic heterocycles. The van der Waals surface area contributed by atoms with Crippen LogP contribution in [0.25, 0.3) is 0 Å². The second-order valence-corrected chi connectivity index (χ2v) is 15.0. The highest BCUT2D eigenvalue weighted by molar-refractivity contribution is 8.46. The van der Waals surface area contributed by atoms with Crippen LogP contribution in [0.1, 0.15) is 69.6 Å². The van der Waals surface area contributed by atoms with Crippen LogP contribution < -0.4 is 11.1 Å². The maximum absolute atomic E-state index is 12.1. The van der Waals surface area contributed by atoms with Crippen LogP contribution in [-0.4, -0.2) is 52.3 Å². The molecular formula is C28H46Cl2N3O3PS2. The Morgan fingerprint density at radius 1 is 1.23 bits per heavy atom. The molecule has 2 aromatic rings. The van der Waals surface area contributed by atoms with Crippen molar-refractivity contribution in [2.75, 3.05) is 38.0 Å². The fourth-order valence-corrected chi connectivity index (χ4v) is 7.69. The zero-order valence-electron chi connectivity index (χ0n) is 24.5. The molecule has 6 nitrogen and oxygen atoms in total. The molecule has 0 aliphatic rings. The van der Waals surface area contributed by atoms with Crippen LogP contribution >= 0.6 is 41.7 Å². The van der Waals surface area contributed by atoms with Crippen LogP contribution in [-0.2, 0) is 10.4 Å². The number of aromatic nitrogens is 1. The van der Waals surface area contributed by atoms with Gasteiger partial charge in [0, 0.05) is 41.9 Å². The molecule has 0 saturated heterocycles. The normalized spacial score (nSPS) is 13.1. The Labute approximate surface area is 253 Å². The van der Waals surface area contributed by atoms with E-state index >= 15 is 0 Å². The monoisotopic (exact) mass is 637 g/mol. The van der Waals surface area contributed by atoms with E-state index in [0.29, 0.717) is 20.7 Å². The van der Waals surface area contributed by atoms with Crippen molar-refractivity contribution < 1.29 is 14.1 Å². The minimum absolute atomic E-state index is 0.123. The van der Waals surface area contributed by atoms with Crippen molar-refractivity contribution in [2.45, 2.75) is 54.4 Å². The summed E-state index contributed by atoms with van der Waals surface area (Å²) >= 11 is 13.0. The third-order valence-electron chi connectivity index (χ3n) is 4.72. The highest BCUT2D eigenvalue weighted by Gasteiger charge is 2.20. The smallest absolute Gasteiger partial charge is 0.209 e. The number of aliphatic hydroxyl groups is 1. The number of carbonyl (C=O) groups excluding carboxylic acids is 1. The van der Waals surface area contributed by atoms with Gasteiger partial charge in [-0.3, -0.25) is 9.00 Å². The van der Waals surface area contributed by atoms with Crippen molar-refractivity contribution in [3.8, 4) is 0 Å². The van der Waals surface area contributed by atoms with Crippen LogP contribution in [0.4, 0.5) is 5.82 Å². The molecule has 4 N–H and O–H groups in total. The Kier molecular flexibility index (Phi) is 25.1. The van der Waals surface area contributed by atoms with E-state index in [0.717, 1.165) is 19.0 Å². The van der Waals surface area contributed by atoms with Crippen molar-refractivity contribution in [1.82, 2.24) is 10.3 Å². The summed E-state index contributed by atoms with van der Waals surface area (Å²) < 4.78 is 12.0. The molecule has 0 spiro atoms. The van der Waals surface area contributed by atoms with Gasteiger partial charge in [-0.25, -0.2) is 4.98 Å². The number of hydrogen-bond donors (Lipinski definition) is 3. The van der Waals surface area contributed by atoms with Gasteiger partial charge >= 0.3 is 0 Å². The molecule has 39 heavy (non-hydrogen) atoms. The minimum Gasteiger partial charge on any atom is -0.396 e. The molecule has 1 heterocycles. The first kappa shape index (κ1) is 39.9. The maximum Gasteiger partial charge on any atom is 0.209 e. The molecule has 3 unspecified atom stereocenters. The molecule has 0 aliphatic heterocycles. The van der Waals surface area contributed by atoms with E-state index in [1.165, 1.54) is 22.5 Å². The van der Waals surface area contributed by atoms with Gasteiger partial charge < -0.3 is 16.2 Å². The minimum atomic E-state index is -0.791. The van der Waals surface area contributed by atoms with Crippen LogP contribution in [0, 0.1) is 5.92 Å². The van der Waals surface area contributed by atoms with E-state index in [-0.39, 0.29) is 29.7 Å². The number of aliphatic hydroxyl groups excluding tert-OH is 1. The Bertz CT molecular complexity index is 1010. The van der Waals surface area contributed by atoms with Crippen molar-refractivity contribution in [1.29, 1.82) is 0 Å². The van der Waals surface area contributed by atoms with Gasteiger partial charge in [0.1, 0.15) is 10.7 Å². The lowest BCUT2D eigenvalue weighted by Crippen LogP contribution is -2.10. The molecule has 11 heteroatoms. The standard InChI is InChI=1S/C14H28NO2PS.C10H6Cl2N2OS.2C2H6/c1-5-8-14(15-3)9-6-7-10-18(4)19(17)12-13(2)11-16;11-5-2-1-3-6(12)7(5)8(15)9-10(13)14-4-16-9;2*1-2/h6-8,13,15-16H,5,9-12H2,1-4H3;1-4H,13H2;2*1-2H3/b7-6-,14-8+;;;. The number of nitrogen functional groups attached to an aromatic ring is 1. The predicted octanol–water partition coefficient (Wildman–Crippen LogP) is 8.17. The second-order valence-electron chi connectivity index (χ2n) is 7.64. The molecule has 0 saturated carbocycles. The SMILES string of the molecule is CC.CC.CC/C=C(\C/C=C\CP(C)S(=O)CC(C)CO)NC.Nc1ncsc1C(=O)c1c(Cl)cccc1Cl. The highest BCUT2D eigenvalue weighted by atomic mass is 35.5. The molecule has 0 fully saturated rings. The van der Waals surface area contributed by atoms with Crippen LogP contribution in [0.5, 0.6) is 0 Å². The third-order valence-corrected chi connectivity index (χ3v) is 11.4. The molecule has 2 rings (SSSR count). The number of rotatable bonds is 12. The predicted molar refractivity (Wildman–Crippen MR) is 177 cm³/mol. The Morgan fingerprint density at radius 3 is 2.28 bits per heavy atom. The zero-order chi connectivity index (χ0) is 30.4. The average Bonchev–Trinajstić information content (AvgIpc) is 3.38. The number of anilines is 1. The molecule has 0 bridgehead atoms. The average molecular weight is 639 g/mol. The lowest BCUT2D eigenvalue weighted by atomic mass is 10.1. The summed E-state index contributed by atoms with van der Waals surface area (Å²) in [7, 11) is 0.658. The number of thiazole rings is 1. The zero-order valence-corrected chi connectivity index (χ0v) is 28.5. The summed E-state index contributed by atoms with van der Waals surface area (Å²) in [5.41, 5.74) is 8.57. The molecule has 1 aromatic carbocycles. The number of nitrogens with two attached hydrogens (primary N) is 1. The van der Waals surface area contributed by atoms with Gasteiger partial charge in [-0.05, 0) is 44.4 Å². The first-order valence-corrected chi connectivity index (χ1v) is 18.6. The number of nitrogens with one attached hydrogen (secondary N) is 1. The van der Waals surface area contributed by atoms with E-state index in [2.05, 4.69) is 42.1 Å². The van der Waals surface area contributed by atoms with Crippen molar-refractivity contribution >= 4 is 63.7 Å². The molecule has 0 amide bonds. The lowest BCUT2D eigenvalue weighted by molar-refractivity contribution is 0.104. The Morgan fingerprint density at radius 2 is 1.82 bits per heavy atom. The fourth-order valence-electron chi connectivity index (χ4n) is 2.73. The van der Waals surface area contributed by atoms with Gasteiger partial charge in [0.25, 0.3) is 0 Å². The number of ketones is 1. The summed E-state index contributed by atoms with van der Waals surface area (Å²) in [4.78, 5) is 16.3. The molecule has 222 valence electrons. The number of benzene rings is 1. The number of allylic oxidation sites excluding steroid dienone is 3. The summed E-state index contributed by atoms with van der Waals surface area (Å²) in [5.74, 6) is 0.657. The molecular weight excluding hydrogens is 592 g/mol. The van der Waals surface area contributed by atoms with Gasteiger partial charge in [0.2, 0.25) is 5.78 Å². The van der Waals surface area contributed by atoms with Gasteiger partial charge in [0.15, 0.2) is 0 Å². The summed E-state index contributed by atoms with van der Waals surface area (Å²) in [6.07, 6.45) is 9.29. The van der Waals surface area contributed by atoms with Crippen molar-refractivity contribution in [2.24, 2.45) is 5.92 Å². The van der Waals surface area contributed by atoms with Gasteiger partial charge in [-0.2, -0.15) is 0 Å². The number of halogens is 2. The molecule has 3 atom stereocenters. The van der Waals surface area contributed by atoms with Crippen molar-refractivity contribution in [3.05, 3.63) is 68.1 Å². The number of hydrogen-bond acceptors (Lipinski definition) is 7. The Hall–Kier alpha value is -1.28. The van der Waals surface area contributed by atoms with Gasteiger partial charge in [0.05, 0.1) is 21.1 Å². The second kappa shape index (κ2) is 24.5. The van der Waals surface area contributed by atoms with Gasteiger partial charge in [-0.1, -0.05) is 89.0 Å². The first-order chi connectivity index (χ1) is 18.7. The van der Waals surface area contributed by atoms with Crippen LogP contribution in [0.3, 0.4) is 0 Å². The van der Waals surface area contributed by atoms with Gasteiger partial charge in [-0.15, -0.1) is 11.3 Å². The summed E-state index contributed by atoms with van der Waals surface area (Å²) in [5, 5.41) is 12.8. The van der Waals surface area contributed by atoms with E-state index in [4.69, 9.17) is 34.0 Å². The topological polar surface area (TPSA) is 105 Å². The number of nitrogens with zero attached hydrogens (tertiary/aromatic N) is 1. The van der Waals surface area contributed by atoms with Crippen molar-refractivity contribution in [3.63, 3.8) is 0 Å². The number of carbonyl (C=O) groups is 1.